The molecule has 0 aromatic heterocycles. The van der Waals surface area contributed by atoms with E-state index < -0.39 is 0 Å². The molecular formula is C13H13N. The molecule has 0 saturated carbocycles. The molecule has 1 nitrogen and oxygen atoms in total. The Morgan fingerprint density at radius 1 is 1.21 bits per heavy atom. The van der Waals surface area contributed by atoms with Gasteiger partial charge in [-0.05, 0) is 37.8 Å². The van der Waals surface area contributed by atoms with E-state index in [0.717, 1.165) is 5.69 Å². The van der Waals surface area contributed by atoms with Crippen molar-refractivity contribution in [1.82, 2.24) is 0 Å². The second-order valence-corrected chi connectivity index (χ2v) is 3.51. The van der Waals surface area contributed by atoms with Crippen molar-refractivity contribution in [3.05, 3.63) is 30.3 Å². The third-order valence-corrected chi connectivity index (χ3v) is 1.68. The highest BCUT2D eigenvalue weighted by molar-refractivity contribution is 5.48. The highest BCUT2D eigenvalue weighted by Crippen LogP contribution is 2.13. The van der Waals surface area contributed by atoms with E-state index in [1.807, 2.05) is 44.2 Å². The fraction of sp³-hybridized carbons (Fsp3) is 0.231. The predicted octanol–water partition coefficient (Wildman–Crippen LogP) is 2.51. The van der Waals surface area contributed by atoms with Crippen LogP contribution in [0.25, 0.3) is 0 Å². The number of nitrogens with one attached hydrogen (secondary N) is 1. The summed E-state index contributed by atoms with van der Waals surface area (Å²) in [6, 6.07) is 9.93. The summed E-state index contributed by atoms with van der Waals surface area (Å²) in [6.07, 6.45) is 5.08. The lowest BCUT2D eigenvalue weighted by Crippen LogP contribution is -2.28. The van der Waals surface area contributed by atoms with Crippen LogP contribution in [0.4, 0.5) is 5.69 Å². The van der Waals surface area contributed by atoms with Gasteiger partial charge in [-0.3, -0.25) is 0 Å². The summed E-state index contributed by atoms with van der Waals surface area (Å²) in [7, 11) is 0. The first kappa shape index (κ1) is 10.2. The first-order valence-corrected chi connectivity index (χ1v) is 4.45. The number of benzene rings is 1. The molecule has 0 atom stereocenters. The minimum Gasteiger partial charge on any atom is -0.369 e. The number of para-hydroxylation sites is 1. The van der Waals surface area contributed by atoms with Crippen LogP contribution in [0, 0.1) is 24.2 Å². The molecule has 0 aliphatic rings. The first-order valence-electron chi connectivity index (χ1n) is 4.45. The Hall–Kier alpha value is -1.86. The maximum absolute atomic E-state index is 5.08. The Kier molecular flexibility index (Phi) is 3.21. The van der Waals surface area contributed by atoms with Crippen molar-refractivity contribution in [3.8, 4) is 24.2 Å². The molecule has 1 rings (SSSR count). The van der Waals surface area contributed by atoms with Crippen LogP contribution in [-0.2, 0) is 0 Å². The second-order valence-electron chi connectivity index (χ2n) is 3.51. The molecule has 0 heterocycles. The SMILES string of the molecule is C#CC#CC(C)(C)Nc1ccccc1. The molecule has 0 radical (unpaired) electrons. The summed E-state index contributed by atoms with van der Waals surface area (Å²) < 4.78 is 0. The molecule has 0 spiro atoms. The van der Waals surface area contributed by atoms with Crippen LogP contribution in [0.5, 0.6) is 0 Å². The highest BCUT2D eigenvalue weighted by Gasteiger charge is 2.12. The molecule has 0 saturated heterocycles. The van der Waals surface area contributed by atoms with Gasteiger partial charge in [0.05, 0.1) is 5.54 Å². The zero-order valence-corrected chi connectivity index (χ0v) is 8.46. The molecule has 1 N–H and O–H groups in total. The normalized spacial score (nSPS) is 9.50. The minimum atomic E-state index is -0.298. The molecule has 14 heavy (non-hydrogen) atoms. The van der Waals surface area contributed by atoms with Crippen molar-refractivity contribution in [2.45, 2.75) is 19.4 Å². The number of hydrogen-bond donors (Lipinski definition) is 1. The summed E-state index contributed by atoms with van der Waals surface area (Å²) in [5.41, 5.74) is 0.747. The van der Waals surface area contributed by atoms with Crippen LogP contribution in [0.3, 0.4) is 0 Å². The quantitative estimate of drug-likeness (QED) is 0.695. The molecule has 0 aliphatic heterocycles. The molecule has 1 heteroatoms. The van der Waals surface area contributed by atoms with Crippen molar-refractivity contribution < 1.29 is 0 Å². The predicted molar refractivity (Wildman–Crippen MR) is 60.8 cm³/mol. The van der Waals surface area contributed by atoms with E-state index in [4.69, 9.17) is 6.42 Å². The summed E-state index contributed by atoms with van der Waals surface area (Å²) in [5, 5.41) is 3.28. The molecule has 1 aromatic rings. The third kappa shape index (κ3) is 3.25. The minimum absolute atomic E-state index is 0.298. The fourth-order valence-corrected chi connectivity index (χ4v) is 1.11. The van der Waals surface area contributed by atoms with Gasteiger partial charge >= 0.3 is 0 Å². The number of rotatable bonds is 2. The van der Waals surface area contributed by atoms with Gasteiger partial charge in [-0.15, -0.1) is 6.42 Å². The molecule has 0 amide bonds. The zero-order chi connectivity index (χ0) is 10.4. The average molecular weight is 183 g/mol. The van der Waals surface area contributed by atoms with E-state index in [0.29, 0.717) is 0 Å². The Balaban J connectivity index is 2.74. The highest BCUT2D eigenvalue weighted by atomic mass is 14.9. The molecule has 0 bridgehead atoms. The number of terminal acetylenes is 1. The van der Waals surface area contributed by atoms with Gasteiger partial charge in [-0.2, -0.15) is 0 Å². The second kappa shape index (κ2) is 4.40. The van der Waals surface area contributed by atoms with Crippen LogP contribution in [0.1, 0.15) is 13.8 Å². The van der Waals surface area contributed by atoms with Gasteiger partial charge in [0.2, 0.25) is 0 Å². The van der Waals surface area contributed by atoms with Crippen molar-refractivity contribution in [3.63, 3.8) is 0 Å². The maximum Gasteiger partial charge on any atom is 0.0940 e. The van der Waals surface area contributed by atoms with Crippen molar-refractivity contribution in [2.24, 2.45) is 0 Å². The topological polar surface area (TPSA) is 12.0 Å². The lowest BCUT2D eigenvalue weighted by molar-refractivity contribution is 0.741. The molecule has 1 aromatic carbocycles. The van der Waals surface area contributed by atoms with Gasteiger partial charge in [0.15, 0.2) is 0 Å². The van der Waals surface area contributed by atoms with Crippen LogP contribution in [-0.4, -0.2) is 5.54 Å². The summed E-state index contributed by atoms with van der Waals surface area (Å²) >= 11 is 0. The molecular weight excluding hydrogens is 170 g/mol. The average Bonchev–Trinajstić information content (AvgIpc) is 2.16. The van der Waals surface area contributed by atoms with E-state index in [1.54, 1.807) is 0 Å². The smallest absolute Gasteiger partial charge is 0.0940 e. The standard InChI is InChI=1S/C13H13N/c1-4-5-11-13(2,3)14-12-9-7-6-8-10-12/h1,6-10,14H,2-3H3. The van der Waals surface area contributed by atoms with E-state index in [9.17, 15) is 0 Å². The molecule has 0 fully saturated rings. The van der Waals surface area contributed by atoms with Crippen LogP contribution >= 0.6 is 0 Å². The van der Waals surface area contributed by atoms with Gasteiger partial charge in [0.25, 0.3) is 0 Å². The Labute approximate surface area is 85.5 Å². The van der Waals surface area contributed by atoms with E-state index in [2.05, 4.69) is 23.1 Å². The summed E-state index contributed by atoms with van der Waals surface area (Å²) in [5.74, 6) is 7.89. The van der Waals surface area contributed by atoms with Crippen molar-refractivity contribution in [2.75, 3.05) is 5.32 Å². The number of anilines is 1. The lowest BCUT2D eigenvalue weighted by Gasteiger charge is -2.20. The van der Waals surface area contributed by atoms with Crippen molar-refractivity contribution >= 4 is 5.69 Å². The van der Waals surface area contributed by atoms with Gasteiger partial charge in [-0.1, -0.05) is 24.1 Å². The first-order chi connectivity index (χ1) is 6.64. The maximum atomic E-state index is 5.08. The van der Waals surface area contributed by atoms with Crippen molar-refractivity contribution in [1.29, 1.82) is 0 Å². The lowest BCUT2D eigenvalue weighted by atomic mass is 10.1. The summed E-state index contributed by atoms with van der Waals surface area (Å²) in [4.78, 5) is 0. The van der Waals surface area contributed by atoms with Crippen LogP contribution in [0.2, 0.25) is 0 Å². The summed E-state index contributed by atoms with van der Waals surface area (Å²) in [6.45, 7) is 3.98. The van der Waals surface area contributed by atoms with Gasteiger partial charge in [0.1, 0.15) is 0 Å². The van der Waals surface area contributed by atoms with E-state index in [1.165, 1.54) is 0 Å². The number of hydrogen-bond acceptors (Lipinski definition) is 1. The Morgan fingerprint density at radius 3 is 2.43 bits per heavy atom. The third-order valence-electron chi connectivity index (χ3n) is 1.68. The largest absolute Gasteiger partial charge is 0.369 e. The molecule has 0 aliphatic carbocycles. The molecule has 70 valence electrons. The van der Waals surface area contributed by atoms with Crippen LogP contribution < -0.4 is 5.32 Å². The van der Waals surface area contributed by atoms with Gasteiger partial charge < -0.3 is 5.32 Å². The fourth-order valence-electron chi connectivity index (χ4n) is 1.11. The van der Waals surface area contributed by atoms with E-state index in [-0.39, 0.29) is 5.54 Å². The monoisotopic (exact) mass is 183 g/mol. The molecule has 0 unspecified atom stereocenters. The Morgan fingerprint density at radius 2 is 1.86 bits per heavy atom. The van der Waals surface area contributed by atoms with E-state index >= 15 is 0 Å². The van der Waals surface area contributed by atoms with Gasteiger partial charge in [0, 0.05) is 5.69 Å². The zero-order valence-electron chi connectivity index (χ0n) is 8.46. The van der Waals surface area contributed by atoms with Crippen LogP contribution in [0.15, 0.2) is 30.3 Å². The van der Waals surface area contributed by atoms with Gasteiger partial charge in [-0.25, -0.2) is 0 Å². The Bertz CT molecular complexity index is 385.